The molecule has 5 heteroatoms. The molecule has 0 bridgehead atoms. The number of hydrogen-bond acceptors (Lipinski definition) is 3. The van der Waals surface area contributed by atoms with Gasteiger partial charge in [0.2, 0.25) is 5.91 Å². The SMILES string of the molecule is Cc1ccc(CC(=O)N2CCC(c3nc4cc(Cl)ccc4s3)CC2)cc1. The van der Waals surface area contributed by atoms with E-state index in [2.05, 4.69) is 19.1 Å². The minimum atomic E-state index is 0.225. The minimum absolute atomic E-state index is 0.225. The Bertz CT molecular complexity index is 927. The molecule has 2 aromatic carbocycles. The number of rotatable bonds is 3. The summed E-state index contributed by atoms with van der Waals surface area (Å²) < 4.78 is 1.18. The molecule has 1 fully saturated rings. The van der Waals surface area contributed by atoms with Crippen LogP contribution in [0.15, 0.2) is 42.5 Å². The standard InChI is InChI=1S/C21H21ClN2OS/c1-14-2-4-15(5-3-14)12-20(25)24-10-8-16(9-11-24)21-23-18-13-17(22)6-7-19(18)26-21/h2-7,13,16H,8-12H2,1H3. The number of amides is 1. The molecule has 1 aliphatic heterocycles. The summed E-state index contributed by atoms with van der Waals surface area (Å²) in [5, 5.41) is 1.90. The predicted molar refractivity (Wildman–Crippen MR) is 108 cm³/mol. The van der Waals surface area contributed by atoms with Crippen molar-refractivity contribution in [2.75, 3.05) is 13.1 Å². The summed E-state index contributed by atoms with van der Waals surface area (Å²) in [5.74, 6) is 0.665. The summed E-state index contributed by atoms with van der Waals surface area (Å²) in [5.41, 5.74) is 3.29. The van der Waals surface area contributed by atoms with Crippen molar-refractivity contribution in [1.82, 2.24) is 9.88 Å². The molecule has 0 aliphatic carbocycles. The van der Waals surface area contributed by atoms with Gasteiger partial charge in [0.05, 0.1) is 21.6 Å². The maximum Gasteiger partial charge on any atom is 0.226 e. The number of benzene rings is 2. The Morgan fingerprint density at radius 1 is 1.19 bits per heavy atom. The first-order valence-electron chi connectivity index (χ1n) is 8.98. The van der Waals surface area contributed by atoms with E-state index in [0.717, 1.165) is 42.0 Å². The van der Waals surface area contributed by atoms with E-state index in [1.165, 1.54) is 15.3 Å². The van der Waals surface area contributed by atoms with Crippen molar-refractivity contribution in [3.63, 3.8) is 0 Å². The lowest BCUT2D eigenvalue weighted by molar-refractivity contribution is -0.131. The van der Waals surface area contributed by atoms with Crippen LogP contribution in [0.3, 0.4) is 0 Å². The Morgan fingerprint density at radius 3 is 2.65 bits per heavy atom. The largest absolute Gasteiger partial charge is 0.342 e. The summed E-state index contributed by atoms with van der Waals surface area (Å²) in [6, 6.07) is 14.1. The maximum absolute atomic E-state index is 12.6. The molecule has 1 aliphatic rings. The van der Waals surface area contributed by atoms with Gasteiger partial charge < -0.3 is 4.90 Å². The molecule has 26 heavy (non-hydrogen) atoms. The number of piperidine rings is 1. The number of aromatic nitrogens is 1. The predicted octanol–water partition coefficient (Wildman–Crippen LogP) is 5.21. The second-order valence-electron chi connectivity index (χ2n) is 6.98. The third kappa shape index (κ3) is 3.76. The highest BCUT2D eigenvalue weighted by molar-refractivity contribution is 7.18. The van der Waals surface area contributed by atoms with Crippen molar-refractivity contribution in [3.8, 4) is 0 Å². The van der Waals surface area contributed by atoms with Gasteiger partial charge in [-0.25, -0.2) is 4.98 Å². The Kier molecular flexibility index (Phi) is 4.96. The number of halogens is 1. The lowest BCUT2D eigenvalue weighted by Gasteiger charge is -2.31. The van der Waals surface area contributed by atoms with Crippen LogP contribution < -0.4 is 0 Å². The number of likely N-dealkylation sites (tertiary alicyclic amines) is 1. The first-order chi connectivity index (χ1) is 12.6. The summed E-state index contributed by atoms with van der Waals surface area (Å²) >= 11 is 7.82. The molecule has 0 radical (unpaired) electrons. The van der Waals surface area contributed by atoms with Gasteiger partial charge >= 0.3 is 0 Å². The summed E-state index contributed by atoms with van der Waals surface area (Å²) in [7, 11) is 0. The monoisotopic (exact) mass is 384 g/mol. The number of thiazole rings is 1. The second-order valence-corrected chi connectivity index (χ2v) is 8.48. The van der Waals surface area contributed by atoms with Gasteiger partial charge in [-0.1, -0.05) is 41.4 Å². The highest BCUT2D eigenvalue weighted by Gasteiger charge is 2.26. The van der Waals surface area contributed by atoms with Crippen LogP contribution in [0, 0.1) is 6.92 Å². The fourth-order valence-corrected chi connectivity index (χ4v) is 4.74. The molecule has 0 N–H and O–H groups in total. The van der Waals surface area contributed by atoms with Crippen molar-refractivity contribution in [2.45, 2.75) is 32.1 Å². The van der Waals surface area contributed by atoms with Crippen LogP contribution in [0.25, 0.3) is 10.2 Å². The molecule has 3 aromatic rings. The van der Waals surface area contributed by atoms with Crippen LogP contribution >= 0.6 is 22.9 Å². The van der Waals surface area contributed by atoms with E-state index in [9.17, 15) is 4.79 Å². The van der Waals surface area contributed by atoms with Gasteiger partial charge in [-0.05, 0) is 43.5 Å². The van der Waals surface area contributed by atoms with Crippen molar-refractivity contribution < 1.29 is 4.79 Å². The number of carbonyl (C=O) groups is 1. The zero-order valence-corrected chi connectivity index (χ0v) is 16.3. The number of nitrogens with zero attached hydrogens (tertiary/aromatic N) is 2. The van der Waals surface area contributed by atoms with E-state index in [4.69, 9.17) is 16.6 Å². The van der Waals surface area contributed by atoms with E-state index in [-0.39, 0.29) is 5.91 Å². The lowest BCUT2D eigenvalue weighted by atomic mass is 9.97. The molecule has 1 aromatic heterocycles. The van der Waals surface area contributed by atoms with Gasteiger partial charge in [0.25, 0.3) is 0 Å². The third-order valence-electron chi connectivity index (χ3n) is 5.04. The zero-order valence-electron chi connectivity index (χ0n) is 14.7. The van der Waals surface area contributed by atoms with E-state index < -0.39 is 0 Å². The van der Waals surface area contributed by atoms with E-state index in [1.54, 1.807) is 11.3 Å². The minimum Gasteiger partial charge on any atom is -0.342 e. The molecule has 4 rings (SSSR count). The second kappa shape index (κ2) is 7.37. The van der Waals surface area contributed by atoms with Crippen molar-refractivity contribution >= 4 is 39.1 Å². The van der Waals surface area contributed by atoms with Gasteiger partial charge in [0, 0.05) is 24.0 Å². The molecule has 0 unspecified atom stereocenters. The molecule has 1 saturated heterocycles. The van der Waals surface area contributed by atoms with Crippen molar-refractivity contribution in [2.24, 2.45) is 0 Å². The first-order valence-corrected chi connectivity index (χ1v) is 10.2. The van der Waals surface area contributed by atoms with Gasteiger partial charge in [-0.15, -0.1) is 11.3 Å². The van der Waals surface area contributed by atoms with Crippen LogP contribution in [0.2, 0.25) is 5.02 Å². The molecule has 0 saturated carbocycles. The lowest BCUT2D eigenvalue weighted by Crippen LogP contribution is -2.38. The quantitative estimate of drug-likeness (QED) is 0.621. The molecule has 3 nitrogen and oxygen atoms in total. The van der Waals surface area contributed by atoms with E-state index in [1.807, 2.05) is 35.2 Å². The van der Waals surface area contributed by atoms with E-state index in [0.29, 0.717) is 12.3 Å². The van der Waals surface area contributed by atoms with Gasteiger partial charge in [0.15, 0.2) is 0 Å². The van der Waals surface area contributed by atoms with Gasteiger partial charge in [-0.2, -0.15) is 0 Å². The Balaban J connectivity index is 1.38. The fourth-order valence-electron chi connectivity index (χ4n) is 3.46. The molecule has 1 amide bonds. The highest BCUT2D eigenvalue weighted by Crippen LogP contribution is 2.34. The molecular formula is C21H21ClN2OS. The van der Waals surface area contributed by atoms with Crippen molar-refractivity contribution in [3.05, 3.63) is 63.6 Å². The van der Waals surface area contributed by atoms with Crippen LogP contribution in [-0.4, -0.2) is 28.9 Å². The summed E-state index contributed by atoms with van der Waals surface area (Å²) in [6.07, 6.45) is 2.45. The number of fused-ring (bicyclic) bond motifs is 1. The number of aryl methyl sites for hydroxylation is 1. The molecule has 134 valence electrons. The van der Waals surface area contributed by atoms with Crippen LogP contribution in [0.5, 0.6) is 0 Å². The number of hydrogen-bond donors (Lipinski definition) is 0. The Morgan fingerprint density at radius 2 is 1.92 bits per heavy atom. The van der Waals surface area contributed by atoms with E-state index >= 15 is 0 Å². The Hall–Kier alpha value is -1.91. The van der Waals surface area contributed by atoms with Gasteiger partial charge in [0.1, 0.15) is 0 Å². The van der Waals surface area contributed by atoms with Gasteiger partial charge in [-0.3, -0.25) is 4.79 Å². The Labute approximate surface area is 162 Å². The summed E-state index contributed by atoms with van der Waals surface area (Å²) in [6.45, 7) is 3.68. The van der Waals surface area contributed by atoms with Crippen LogP contribution in [0.4, 0.5) is 0 Å². The molecular weight excluding hydrogens is 364 g/mol. The fraction of sp³-hybridized carbons (Fsp3) is 0.333. The smallest absolute Gasteiger partial charge is 0.226 e. The average Bonchev–Trinajstić information content (AvgIpc) is 3.07. The zero-order chi connectivity index (χ0) is 18.1. The first kappa shape index (κ1) is 17.5. The molecule has 0 spiro atoms. The number of carbonyl (C=O) groups excluding carboxylic acids is 1. The van der Waals surface area contributed by atoms with Crippen molar-refractivity contribution in [1.29, 1.82) is 0 Å². The average molecular weight is 385 g/mol. The maximum atomic E-state index is 12.6. The van der Waals surface area contributed by atoms with Crippen LogP contribution in [0.1, 0.15) is 34.9 Å². The topological polar surface area (TPSA) is 33.2 Å². The van der Waals surface area contributed by atoms with Crippen LogP contribution in [-0.2, 0) is 11.2 Å². The highest BCUT2D eigenvalue weighted by atomic mass is 35.5. The molecule has 0 atom stereocenters. The third-order valence-corrected chi connectivity index (χ3v) is 6.47. The summed E-state index contributed by atoms with van der Waals surface area (Å²) in [4.78, 5) is 19.3. The molecule has 2 heterocycles. The normalized spacial score (nSPS) is 15.5.